The minimum absolute atomic E-state index is 0.0533. The average molecular weight is 640 g/mol. The van der Waals surface area contributed by atoms with Gasteiger partial charge in [0, 0.05) is 19.0 Å². The number of amides is 1. The standard InChI is InChI=1S/C38H41NO8/c1-28-34(40)33(27-43-25-30-16-8-3-9-17-30)46-37(35(28)47-36(41)32-20-12-5-13-21-32)44-23-22-39(24-29-14-6-2-7-15-29)38(42)45-26-31-18-10-4-11-19-31/h2-21,28,33-35,37,40H,22-27H2,1H3. The predicted molar refractivity (Wildman–Crippen MR) is 175 cm³/mol. The summed E-state index contributed by atoms with van der Waals surface area (Å²) in [6.45, 7) is 2.91. The molecule has 1 aliphatic rings. The van der Waals surface area contributed by atoms with Crippen LogP contribution in [0.2, 0.25) is 0 Å². The smallest absolute Gasteiger partial charge is 0.410 e. The molecule has 1 N–H and O–H groups in total. The molecule has 5 unspecified atom stereocenters. The van der Waals surface area contributed by atoms with Crippen molar-refractivity contribution < 1.29 is 38.4 Å². The first kappa shape index (κ1) is 33.8. The van der Waals surface area contributed by atoms with Gasteiger partial charge in [-0.3, -0.25) is 0 Å². The highest BCUT2D eigenvalue weighted by molar-refractivity contribution is 5.89. The number of rotatable bonds is 14. The van der Waals surface area contributed by atoms with Gasteiger partial charge >= 0.3 is 12.1 Å². The molecule has 9 nitrogen and oxygen atoms in total. The van der Waals surface area contributed by atoms with E-state index in [4.69, 9.17) is 23.7 Å². The van der Waals surface area contributed by atoms with Crippen molar-refractivity contribution in [3.63, 3.8) is 0 Å². The molecule has 1 heterocycles. The summed E-state index contributed by atoms with van der Waals surface area (Å²) < 4.78 is 29.8. The highest BCUT2D eigenvalue weighted by Crippen LogP contribution is 2.30. The molecule has 47 heavy (non-hydrogen) atoms. The molecule has 5 atom stereocenters. The van der Waals surface area contributed by atoms with Crippen LogP contribution in [0, 0.1) is 5.92 Å². The molecular weight excluding hydrogens is 598 g/mol. The van der Waals surface area contributed by atoms with Crippen molar-refractivity contribution in [3.05, 3.63) is 144 Å². The molecule has 0 spiro atoms. The van der Waals surface area contributed by atoms with E-state index in [-0.39, 0.29) is 26.4 Å². The second-order valence-corrected chi connectivity index (χ2v) is 11.4. The monoisotopic (exact) mass is 639 g/mol. The maximum Gasteiger partial charge on any atom is 0.410 e. The molecule has 0 saturated carbocycles. The van der Waals surface area contributed by atoms with Crippen LogP contribution in [-0.4, -0.2) is 66.4 Å². The predicted octanol–water partition coefficient (Wildman–Crippen LogP) is 6.01. The van der Waals surface area contributed by atoms with E-state index < -0.39 is 42.6 Å². The number of hydrogen-bond donors (Lipinski definition) is 1. The van der Waals surface area contributed by atoms with E-state index in [0.717, 1.165) is 16.7 Å². The van der Waals surface area contributed by atoms with Crippen molar-refractivity contribution in [2.24, 2.45) is 5.92 Å². The molecule has 4 aromatic rings. The van der Waals surface area contributed by atoms with E-state index in [1.165, 1.54) is 0 Å². The van der Waals surface area contributed by atoms with Crippen LogP contribution < -0.4 is 0 Å². The van der Waals surface area contributed by atoms with Crippen LogP contribution in [0.4, 0.5) is 4.79 Å². The Morgan fingerprint density at radius 1 is 0.766 bits per heavy atom. The van der Waals surface area contributed by atoms with Gasteiger partial charge in [-0.25, -0.2) is 9.59 Å². The fourth-order valence-electron chi connectivity index (χ4n) is 5.31. The molecule has 1 fully saturated rings. The van der Waals surface area contributed by atoms with Gasteiger partial charge in [0.15, 0.2) is 12.4 Å². The lowest BCUT2D eigenvalue weighted by Gasteiger charge is -2.42. The number of aliphatic hydroxyl groups excluding tert-OH is 1. The van der Waals surface area contributed by atoms with Gasteiger partial charge in [0.05, 0.1) is 31.5 Å². The number of carbonyl (C=O) groups excluding carboxylic acids is 2. The maximum absolute atomic E-state index is 13.3. The summed E-state index contributed by atoms with van der Waals surface area (Å²) >= 11 is 0. The van der Waals surface area contributed by atoms with Gasteiger partial charge in [0.1, 0.15) is 12.7 Å². The quantitative estimate of drug-likeness (QED) is 0.168. The third kappa shape index (κ3) is 9.97. The Balaban J connectivity index is 1.26. The zero-order valence-corrected chi connectivity index (χ0v) is 26.4. The topological polar surface area (TPSA) is 104 Å². The lowest BCUT2D eigenvalue weighted by molar-refractivity contribution is -0.289. The fraction of sp³-hybridized carbons (Fsp3) is 0.316. The van der Waals surface area contributed by atoms with Crippen LogP contribution in [0.25, 0.3) is 0 Å². The van der Waals surface area contributed by atoms with Gasteiger partial charge in [-0.2, -0.15) is 0 Å². The van der Waals surface area contributed by atoms with Crippen molar-refractivity contribution in [2.75, 3.05) is 19.8 Å². The first-order chi connectivity index (χ1) is 23.0. The number of ether oxygens (including phenoxy) is 5. The highest BCUT2D eigenvalue weighted by Gasteiger charge is 2.46. The Bertz CT molecular complexity index is 1510. The summed E-state index contributed by atoms with van der Waals surface area (Å²) in [6, 6.07) is 37.4. The summed E-state index contributed by atoms with van der Waals surface area (Å²) in [7, 11) is 0. The lowest BCUT2D eigenvalue weighted by atomic mass is 9.90. The Labute approximate surface area is 275 Å². The highest BCUT2D eigenvalue weighted by atomic mass is 16.7. The molecule has 0 aliphatic carbocycles. The second kappa shape index (κ2) is 17.4. The van der Waals surface area contributed by atoms with Crippen LogP contribution in [-0.2, 0) is 43.4 Å². The van der Waals surface area contributed by atoms with Crippen LogP contribution in [0.1, 0.15) is 34.0 Å². The van der Waals surface area contributed by atoms with Crippen LogP contribution >= 0.6 is 0 Å². The van der Waals surface area contributed by atoms with Crippen molar-refractivity contribution >= 4 is 12.1 Å². The zero-order valence-electron chi connectivity index (χ0n) is 26.4. The number of nitrogens with zero attached hydrogens (tertiary/aromatic N) is 1. The van der Waals surface area contributed by atoms with Gasteiger partial charge in [-0.1, -0.05) is 116 Å². The van der Waals surface area contributed by atoms with Crippen LogP contribution in [0.15, 0.2) is 121 Å². The van der Waals surface area contributed by atoms with Crippen LogP contribution in [0.3, 0.4) is 0 Å². The number of benzene rings is 4. The second-order valence-electron chi connectivity index (χ2n) is 11.4. The normalized spacial score (nSPS) is 20.7. The minimum atomic E-state index is -1.02. The number of esters is 1. The lowest BCUT2D eigenvalue weighted by Crippen LogP contribution is -2.57. The first-order valence-electron chi connectivity index (χ1n) is 15.8. The number of carbonyl (C=O) groups is 2. The number of aliphatic hydroxyl groups is 1. The van der Waals surface area contributed by atoms with Crippen molar-refractivity contribution in [1.29, 1.82) is 0 Å². The molecule has 0 bridgehead atoms. The van der Waals surface area contributed by atoms with Crippen molar-refractivity contribution in [1.82, 2.24) is 4.90 Å². The van der Waals surface area contributed by atoms with Gasteiger partial charge in [-0.15, -0.1) is 0 Å². The van der Waals surface area contributed by atoms with E-state index in [1.807, 2.05) is 97.1 Å². The largest absolute Gasteiger partial charge is 0.453 e. The van der Waals surface area contributed by atoms with E-state index in [0.29, 0.717) is 18.7 Å². The number of hydrogen-bond acceptors (Lipinski definition) is 8. The van der Waals surface area contributed by atoms with E-state index in [2.05, 4.69) is 0 Å². The summed E-state index contributed by atoms with van der Waals surface area (Å²) in [4.78, 5) is 27.9. The summed E-state index contributed by atoms with van der Waals surface area (Å²) in [5, 5.41) is 11.2. The molecule has 0 radical (unpaired) electrons. The van der Waals surface area contributed by atoms with Gasteiger partial charge < -0.3 is 33.7 Å². The summed E-state index contributed by atoms with van der Waals surface area (Å²) in [5.74, 6) is -1.09. The van der Waals surface area contributed by atoms with E-state index in [1.54, 1.807) is 36.1 Å². The molecular formula is C38H41NO8. The van der Waals surface area contributed by atoms with E-state index >= 15 is 0 Å². The van der Waals surface area contributed by atoms with Crippen molar-refractivity contribution in [3.8, 4) is 0 Å². The third-order valence-corrected chi connectivity index (χ3v) is 7.98. The Kier molecular flexibility index (Phi) is 12.5. The summed E-state index contributed by atoms with van der Waals surface area (Å²) in [6.07, 6.45) is -4.15. The minimum Gasteiger partial charge on any atom is -0.453 e. The first-order valence-corrected chi connectivity index (χ1v) is 15.8. The Hall–Kier alpha value is -4.54. The fourth-order valence-corrected chi connectivity index (χ4v) is 5.31. The molecule has 1 aliphatic heterocycles. The molecule has 1 amide bonds. The van der Waals surface area contributed by atoms with E-state index in [9.17, 15) is 14.7 Å². The SMILES string of the molecule is CC1C(O)C(COCc2ccccc2)OC(OCCN(Cc2ccccc2)C(=O)OCc2ccccc2)C1OC(=O)c1ccccc1. The maximum atomic E-state index is 13.3. The van der Waals surface area contributed by atoms with Crippen molar-refractivity contribution in [2.45, 2.75) is 51.3 Å². The zero-order chi connectivity index (χ0) is 32.8. The molecule has 5 rings (SSSR count). The van der Waals surface area contributed by atoms with Gasteiger partial charge in [-0.05, 0) is 28.8 Å². The third-order valence-electron chi connectivity index (χ3n) is 7.98. The van der Waals surface area contributed by atoms with Gasteiger partial charge in [0.25, 0.3) is 0 Å². The van der Waals surface area contributed by atoms with Crippen LogP contribution in [0.5, 0.6) is 0 Å². The summed E-state index contributed by atoms with van der Waals surface area (Å²) in [5.41, 5.74) is 3.17. The average Bonchev–Trinajstić information content (AvgIpc) is 3.12. The van der Waals surface area contributed by atoms with Gasteiger partial charge in [0.2, 0.25) is 0 Å². The Morgan fingerprint density at radius 2 is 1.32 bits per heavy atom. The molecule has 4 aromatic carbocycles. The molecule has 0 aromatic heterocycles. The molecule has 246 valence electrons. The molecule has 9 heteroatoms. The Morgan fingerprint density at radius 3 is 1.94 bits per heavy atom. The molecule has 1 saturated heterocycles.